The molecule has 0 saturated carbocycles. The maximum absolute atomic E-state index is 13.5. The van der Waals surface area contributed by atoms with E-state index in [9.17, 15) is 9.18 Å². The Bertz CT molecular complexity index is 527. The van der Waals surface area contributed by atoms with E-state index in [4.69, 9.17) is 0 Å². The number of aldehydes is 1. The normalized spacial score (nSPS) is 10.4. The van der Waals surface area contributed by atoms with E-state index in [1.807, 2.05) is 0 Å². The van der Waals surface area contributed by atoms with Gasteiger partial charge in [-0.3, -0.25) is 9.89 Å². The zero-order chi connectivity index (χ0) is 11.5. The highest BCUT2D eigenvalue weighted by Gasteiger charge is 2.08. The van der Waals surface area contributed by atoms with Crippen LogP contribution in [-0.2, 0) is 0 Å². The Morgan fingerprint density at radius 3 is 2.88 bits per heavy atom. The molecular formula is C10H8FN3OS. The SMILES string of the molecule is Cc1nc(Sc2ccc(C=O)cc2F)n[nH]1. The fourth-order valence-electron chi connectivity index (χ4n) is 1.14. The molecule has 0 fully saturated rings. The van der Waals surface area contributed by atoms with Gasteiger partial charge in [0.15, 0.2) is 0 Å². The summed E-state index contributed by atoms with van der Waals surface area (Å²) in [6.07, 6.45) is 0.606. The Labute approximate surface area is 95.3 Å². The third-order valence-electron chi connectivity index (χ3n) is 1.87. The van der Waals surface area contributed by atoms with Crippen LogP contribution in [0.3, 0.4) is 0 Å². The van der Waals surface area contributed by atoms with Crippen LogP contribution in [0.15, 0.2) is 28.3 Å². The number of aromatic amines is 1. The number of halogens is 1. The molecule has 0 bridgehead atoms. The van der Waals surface area contributed by atoms with Gasteiger partial charge in [0, 0.05) is 5.56 Å². The van der Waals surface area contributed by atoms with Crippen molar-refractivity contribution in [3.8, 4) is 0 Å². The third-order valence-corrected chi connectivity index (χ3v) is 2.79. The van der Waals surface area contributed by atoms with Crippen LogP contribution in [0.4, 0.5) is 4.39 Å². The van der Waals surface area contributed by atoms with Gasteiger partial charge in [0.1, 0.15) is 17.9 Å². The summed E-state index contributed by atoms with van der Waals surface area (Å²) in [4.78, 5) is 14.9. The molecule has 4 nitrogen and oxygen atoms in total. The Kier molecular flexibility index (Phi) is 3.00. The molecule has 1 aromatic carbocycles. The average Bonchev–Trinajstić information content (AvgIpc) is 2.67. The van der Waals surface area contributed by atoms with E-state index in [1.54, 1.807) is 13.0 Å². The molecule has 6 heteroatoms. The van der Waals surface area contributed by atoms with Gasteiger partial charge in [-0.15, -0.1) is 5.10 Å². The smallest absolute Gasteiger partial charge is 0.213 e. The van der Waals surface area contributed by atoms with Crippen molar-refractivity contribution in [2.45, 2.75) is 17.0 Å². The number of rotatable bonds is 3. The zero-order valence-electron chi connectivity index (χ0n) is 8.40. The molecule has 0 spiro atoms. The topological polar surface area (TPSA) is 58.6 Å². The molecular weight excluding hydrogens is 229 g/mol. The number of aryl methyl sites for hydroxylation is 1. The molecule has 1 aromatic heterocycles. The zero-order valence-corrected chi connectivity index (χ0v) is 9.21. The lowest BCUT2D eigenvalue weighted by atomic mass is 10.2. The first-order valence-corrected chi connectivity index (χ1v) is 5.32. The first-order chi connectivity index (χ1) is 7.69. The second-order valence-corrected chi connectivity index (χ2v) is 4.12. The molecule has 0 aliphatic rings. The largest absolute Gasteiger partial charge is 0.298 e. The molecule has 0 aliphatic carbocycles. The highest BCUT2D eigenvalue weighted by atomic mass is 32.2. The van der Waals surface area contributed by atoms with E-state index in [-0.39, 0.29) is 0 Å². The Hall–Kier alpha value is -1.69. The van der Waals surface area contributed by atoms with E-state index in [0.29, 0.717) is 27.7 Å². The number of hydrogen-bond acceptors (Lipinski definition) is 4. The van der Waals surface area contributed by atoms with E-state index < -0.39 is 5.82 Å². The van der Waals surface area contributed by atoms with Gasteiger partial charge in [-0.25, -0.2) is 9.37 Å². The predicted molar refractivity (Wildman–Crippen MR) is 57.0 cm³/mol. The van der Waals surface area contributed by atoms with Gasteiger partial charge in [-0.1, -0.05) is 6.07 Å². The lowest BCUT2D eigenvalue weighted by Crippen LogP contribution is -1.86. The molecule has 2 aromatic rings. The molecule has 0 saturated heterocycles. The number of nitrogens with zero attached hydrogens (tertiary/aromatic N) is 2. The molecule has 1 N–H and O–H groups in total. The Balaban J connectivity index is 2.25. The van der Waals surface area contributed by atoms with Crippen molar-refractivity contribution in [1.29, 1.82) is 0 Å². The van der Waals surface area contributed by atoms with Crippen molar-refractivity contribution in [2.75, 3.05) is 0 Å². The van der Waals surface area contributed by atoms with Crippen molar-refractivity contribution in [3.63, 3.8) is 0 Å². The monoisotopic (exact) mass is 237 g/mol. The summed E-state index contributed by atoms with van der Waals surface area (Å²) in [5, 5.41) is 7.01. The van der Waals surface area contributed by atoms with Crippen LogP contribution in [0, 0.1) is 12.7 Å². The Morgan fingerprint density at radius 1 is 1.50 bits per heavy atom. The first-order valence-electron chi connectivity index (χ1n) is 4.50. The van der Waals surface area contributed by atoms with Crippen molar-refractivity contribution < 1.29 is 9.18 Å². The molecule has 1 heterocycles. The summed E-state index contributed by atoms with van der Waals surface area (Å²) in [5.41, 5.74) is 0.313. The Morgan fingerprint density at radius 2 is 2.31 bits per heavy atom. The third kappa shape index (κ3) is 2.27. The van der Waals surface area contributed by atoms with Gasteiger partial charge < -0.3 is 0 Å². The van der Waals surface area contributed by atoms with Gasteiger partial charge >= 0.3 is 0 Å². The summed E-state index contributed by atoms with van der Waals surface area (Å²) in [6, 6.07) is 4.28. The van der Waals surface area contributed by atoms with Crippen LogP contribution in [-0.4, -0.2) is 21.5 Å². The minimum atomic E-state index is -0.447. The fourth-order valence-corrected chi connectivity index (χ4v) is 1.90. The van der Waals surface area contributed by atoms with E-state index in [2.05, 4.69) is 15.2 Å². The number of nitrogens with one attached hydrogen (secondary N) is 1. The lowest BCUT2D eigenvalue weighted by molar-refractivity contribution is 0.112. The molecule has 0 amide bonds. The van der Waals surface area contributed by atoms with Crippen LogP contribution in [0.1, 0.15) is 16.2 Å². The highest BCUT2D eigenvalue weighted by Crippen LogP contribution is 2.27. The minimum Gasteiger partial charge on any atom is -0.298 e. The maximum Gasteiger partial charge on any atom is 0.213 e. The van der Waals surface area contributed by atoms with Crippen LogP contribution >= 0.6 is 11.8 Å². The molecule has 0 radical (unpaired) electrons. The van der Waals surface area contributed by atoms with Crippen LogP contribution in [0.5, 0.6) is 0 Å². The predicted octanol–water partition coefficient (Wildman–Crippen LogP) is 2.22. The molecule has 0 atom stereocenters. The lowest BCUT2D eigenvalue weighted by Gasteiger charge is -1.99. The van der Waals surface area contributed by atoms with Gasteiger partial charge in [0.25, 0.3) is 0 Å². The molecule has 0 unspecified atom stereocenters. The number of benzene rings is 1. The van der Waals surface area contributed by atoms with Gasteiger partial charge in [-0.05, 0) is 30.8 Å². The van der Waals surface area contributed by atoms with Crippen molar-refractivity contribution in [1.82, 2.24) is 15.2 Å². The molecule has 2 rings (SSSR count). The van der Waals surface area contributed by atoms with Crippen molar-refractivity contribution in [2.24, 2.45) is 0 Å². The number of H-pyrrole nitrogens is 1. The number of carbonyl (C=O) groups is 1. The van der Waals surface area contributed by atoms with E-state index >= 15 is 0 Å². The maximum atomic E-state index is 13.5. The van der Waals surface area contributed by atoms with Crippen molar-refractivity contribution >= 4 is 18.0 Å². The van der Waals surface area contributed by atoms with E-state index in [1.165, 1.54) is 12.1 Å². The second kappa shape index (κ2) is 4.44. The minimum absolute atomic E-state index is 0.313. The quantitative estimate of drug-likeness (QED) is 0.831. The fraction of sp³-hybridized carbons (Fsp3) is 0.100. The average molecular weight is 237 g/mol. The summed E-state index contributed by atoms with van der Waals surface area (Å²) in [7, 11) is 0. The summed E-state index contributed by atoms with van der Waals surface area (Å²) >= 11 is 1.11. The number of hydrogen-bond donors (Lipinski definition) is 1. The van der Waals surface area contributed by atoms with Crippen LogP contribution < -0.4 is 0 Å². The van der Waals surface area contributed by atoms with Crippen LogP contribution in [0.2, 0.25) is 0 Å². The standard InChI is InChI=1S/C10H8FN3OS/c1-6-12-10(14-13-6)16-9-3-2-7(5-15)4-8(9)11/h2-5H,1H3,(H,12,13,14). The van der Waals surface area contributed by atoms with Crippen molar-refractivity contribution in [3.05, 3.63) is 35.4 Å². The summed E-state index contributed by atoms with van der Waals surface area (Å²) in [6.45, 7) is 1.77. The van der Waals surface area contributed by atoms with Gasteiger partial charge in [0.2, 0.25) is 5.16 Å². The van der Waals surface area contributed by atoms with Gasteiger partial charge in [-0.2, -0.15) is 0 Å². The summed E-state index contributed by atoms with van der Waals surface area (Å²) < 4.78 is 13.5. The molecule has 82 valence electrons. The highest BCUT2D eigenvalue weighted by molar-refractivity contribution is 7.99. The van der Waals surface area contributed by atoms with E-state index in [0.717, 1.165) is 11.8 Å². The summed E-state index contributed by atoms with van der Waals surface area (Å²) in [5.74, 6) is 0.226. The number of aromatic nitrogens is 3. The molecule has 0 aliphatic heterocycles. The second-order valence-electron chi connectivity index (χ2n) is 3.11. The van der Waals surface area contributed by atoms with Gasteiger partial charge in [0.05, 0.1) is 4.90 Å². The van der Waals surface area contributed by atoms with Crippen LogP contribution in [0.25, 0.3) is 0 Å². The first kappa shape index (κ1) is 10.8. The molecule has 16 heavy (non-hydrogen) atoms. The number of carbonyl (C=O) groups excluding carboxylic acids is 1.